The highest BCUT2D eigenvalue weighted by atomic mass is 35.5. The molecule has 1 atom stereocenters. The first-order chi connectivity index (χ1) is 7.73. The maximum absolute atomic E-state index is 11.6. The summed E-state index contributed by atoms with van der Waals surface area (Å²) in [5, 5.41) is 11.2. The molecule has 0 aliphatic rings. The average Bonchev–Trinajstić information content (AvgIpc) is 2.19. The van der Waals surface area contributed by atoms with Crippen molar-refractivity contribution >= 4 is 33.3 Å². The highest BCUT2D eigenvalue weighted by Gasteiger charge is 2.24. The Morgan fingerprint density at radius 3 is 2.18 bits per heavy atom. The van der Waals surface area contributed by atoms with Crippen molar-refractivity contribution < 1.29 is 18.3 Å². The number of sulfonamides is 1. The molecule has 17 heavy (non-hydrogen) atoms. The van der Waals surface area contributed by atoms with Gasteiger partial charge in [-0.05, 0) is 31.2 Å². The molecule has 1 rings (SSSR count). The highest BCUT2D eigenvalue weighted by Crippen LogP contribution is 2.22. The van der Waals surface area contributed by atoms with E-state index in [0.29, 0.717) is 5.02 Å². The zero-order valence-electron chi connectivity index (χ0n) is 9.25. The number of carbonyl (C=O) groups excluding carboxylic acids is 1. The van der Waals surface area contributed by atoms with E-state index < -0.39 is 22.0 Å². The Kier molecular flexibility index (Phi) is 4.00. The summed E-state index contributed by atoms with van der Waals surface area (Å²) < 4.78 is 23.9. The maximum atomic E-state index is 11.6. The second-order valence-corrected chi connectivity index (χ2v) is 5.83. The number of benzene rings is 1. The monoisotopic (exact) mass is 276 g/mol. The van der Waals surface area contributed by atoms with Gasteiger partial charge in [0.15, 0.2) is 0 Å². The number of carboxylic acid groups (broad SMARTS) is 1. The largest absolute Gasteiger partial charge is 0.548 e. The van der Waals surface area contributed by atoms with Gasteiger partial charge in [0.2, 0.25) is 10.0 Å². The predicted octanol–water partition coefficient (Wildman–Crippen LogP) is 0.244. The smallest absolute Gasteiger partial charge is 0.232 e. The number of aliphatic carboxylic acids is 1. The van der Waals surface area contributed by atoms with Gasteiger partial charge >= 0.3 is 0 Å². The summed E-state index contributed by atoms with van der Waals surface area (Å²) in [6.07, 6.45) is 0.932. The van der Waals surface area contributed by atoms with Crippen molar-refractivity contribution in [1.82, 2.24) is 0 Å². The average molecular weight is 277 g/mol. The quantitative estimate of drug-likeness (QED) is 0.789. The molecular formula is C10H11ClNO4S-. The molecule has 0 N–H and O–H groups in total. The molecule has 0 heterocycles. The molecule has 0 saturated heterocycles. The van der Waals surface area contributed by atoms with Crippen LogP contribution in [0.25, 0.3) is 0 Å². The highest BCUT2D eigenvalue weighted by molar-refractivity contribution is 7.92. The molecule has 5 nitrogen and oxygen atoms in total. The summed E-state index contributed by atoms with van der Waals surface area (Å²) in [5.74, 6) is -1.47. The zero-order chi connectivity index (χ0) is 13.2. The molecular weight excluding hydrogens is 266 g/mol. The SMILES string of the molecule is C[C@H](C(=O)[O-])N(c1ccc(Cl)cc1)S(C)(=O)=O. The van der Waals surface area contributed by atoms with Crippen molar-refractivity contribution in [3.8, 4) is 0 Å². The van der Waals surface area contributed by atoms with E-state index in [2.05, 4.69) is 0 Å². The molecule has 0 amide bonds. The second-order valence-electron chi connectivity index (χ2n) is 3.53. The number of carbonyl (C=O) groups is 1. The molecule has 0 unspecified atom stereocenters. The van der Waals surface area contributed by atoms with Crippen LogP contribution in [-0.4, -0.2) is 26.7 Å². The lowest BCUT2D eigenvalue weighted by atomic mass is 10.2. The van der Waals surface area contributed by atoms with Crippen LogP contribution in [0.1, 0.15) is 6.92 Å². The van der Waals surface area contributed by atoms with Crippen LogP contribution < -0.4 is 9.41 Å². The Morgan fingerprint density at radius 1 is 1.35 bits per heavy atom. The van der Waals surface area contributed by atoms with Crippen LogP contribution in [0.3, 0.4) is 0 Å². The van der Waals surface area contributed by atoms with Crippen molar-refractivity contribution in [2.75, 3.05) is 10.6 Å². The first-order valence-corrected chi connectivity index (χ1v) is 6.92. The number of nitrogens with zero attached hydrogens (tertiary/aromatic N) is 1. The van der Waals surface area contributed by atoms with E-state index in [4.69, 9.17) is 11.6 Å². The molecule has 7 heteroatoms. The summed E-state index contributed by atoms with van der Waals surface area (Å²) in [7, 11) is -3.71. The van der Waals surface area contributed by atoms with Crippen LogP contribution in [-0.2, 0) is 14.8 Å². The fourth-order valence-corrected chi connectivity index (χ4v) is 2.68. The summed E-state index contributed by atoms with van der Waals surface area (Å²) >= 11 is 5.68. The van der Waals surface area contributed by atoms with Gasteiger partial charge < -0.3 is 9.90 Å². The molecule has 0 aliphatic heterocycles. The molecule has 0 spiro atoms. The van der Waals surface area contributed by atoms with E-state index in [1.807, 2.05) is 0 Å². The van der Waals surface area contributed by atoms with E-state index in [-0.39, 0.29) is 5.69 Å². The minimum atomic E-state index is -3.71. The van der Waals surface area contributed by atoms with E-state index in [1.165, 1.54) is 31.2 Å². The van der Waals surface area contributed by atoms with Crippen molar-refractivity contribution in [1.29, 1.82) is 0 Å². The minimum absolute atomic E-state index is 0.230. The van der Waals surface area contributed by atoms with E-state index in [9.17, 15) is 18.3 Å². The minimum Gasteiger partial charge on any atom is -0.548 e. The van der Waals surface area contributed by atoms with Crippen LogP contribution in [0.15, 0.2) is 24.3 Å². The maximum Gasteiger partial charge on any atom is 0.232 e. The van der Waals surface area contributed by atoms with Gasteiger partial charge in [-0.2, -0.15) is 0 Å². The van der Waals surface area contributed by atoms with E-state index in [1.54, 1.807) is 0 Å². The Labute approximate surface area is 105 Å². The topological polar surface area (TPSA) is 77.5 Å². The Balaban J connectivity index is 3.25. The van der Waals surface area contributed by atoms with Gasteiger partial charge in [0.1, 0.15) is 0 Å². The lowest BCUT2D eigenvalue weighted by molar-refractivity contribution is -0.306. The number of hydrogen-bond donors (Lipinski definition) is 0. The predicted molar refractivity (Wildman–Crippen MR) is 63.2 cm³/mol. The molecule has 1 aromatic carbocycles. The number of rotatable bonds is 4. The van der Waals surface area contributed by atoms with Crippen LogP contribution in [0.2, 0.25) is 5.02 Å². The van der Waals surface area contributed by atoms with Crippen molar-refractivity contribution in [2.45, 2.75) is 13.0 Å². The fraction of sp³-hybridized carbons (Fsp3) is 0.300. The van der Waals surface area contributed by atoms with Crippen molar-refractivity contribution in [2.24, 2.45) is 0 Å². The number of halogens is 1. The third-order valence-electron chi connectivity index (χ3n) is 2.13. The van der Waals surface area contributed by atoms with Crippen molar-refractivity contribution in [3.63, 3.8) is 0 Å². The Hall–Kier alpha value is -1.27. The number of hydrogen-bond acceptors (Lipinski definition) is 4. The van der Waals surface area contributed by atoms with E-state index in [0.717, 1.165) is 10.6 Å². The second kappa shape index (κ2) is 4.93. The van der Waals surface area contributed by atoms with Gasteiger partial charge in [-0.3, -0.25) is 4.31 Å². The molecule has 94 valence electrons. The first kappa shape index (κ1) is 13.8. The van der Waals surface area contributed by atoms with Crippen LogP contribution in [0.4, 0.5) is 5.69 Å². The van der Waals surface area contributed by atoms with E-state index >= 15 is 0 Å². The lowest BCUT2D eigenvalue weighted by Crippen LogP contribution is -2.48. The molecule has 0 fully saturated rings. The summed E-state index contributed by atoms with van der Waals surface area (Å²) in [6, 6.07) is 4.55. The molecule has 0 aliphatic carbocycles. The Morgan fingerprint density at radius 2 is 1.82 bits per heavy atom. The van der Waals surface area contributed by atoms with Gasteiger partial charge in [-0.25, -0.2) is 8.42 Å². The summed E-state index contributed by atoms with van der Waals surface area (Å²) in [6.45, 7) is 1.24. The lowest BCUT2D eigenvalue weighted by Gasteiger charge is -2.29. The normalized spacial score (nSPS) is 13.1. The number of anilines is 1. The van der Waals surface area contributed by atoms with Gasteiger partial charge in [0.05, 0.1) is 24.0 Å². The summed E-state index contributed by atoms with van der Waals surface area (Å²) in [5.41, 5.74) is 0.230. The van der Waals surface area contributed by atoms with Gasteiger partial charge in [-0.1, -0.05) is 11.6 Å². The molecule has 1 aromatic rings. The molecule has 0 bridgehead atoms. The standard InChI is InChI=1S/C10H12ClNO4S/c1-7(10(13)14)12(17(2,15)16)9-5-3-8(11)4-6-9/h3-7H,1-2H3,(H,13,14)/p-1/t7-/m1/s1. The Bertz CT molecular complexity index is 512. The van der Waals surface area contributed by atoms with Gasteiger partial charge in [0.25, 0.3) is 0 Å². The number of carboxylic acids is 1. The fourth-order valence-electron chi connectivity index (χ4n) is 1.39. The van der Waals surface area contributed by atoms with Crippen LogP contribution in [0, 0.1) is 0 Å². The third kappa shape index (κ3) is 3.34. The van der Waals surface area contributed by atoms with Crippen LogP contribution >= 0.6 is 11.6 Å². The first-order valence-electron chi connectivity index (χ1n) is 4.69. The van der Waals surface area contributed by atoms with Crippen LogP contribution in [0.5, 0.6) is 0 Å². The van der Waals surface area contributed by atoms with Crippen molar-refractivity contribution in [3.05, 3.63) is 29.3 Å². The molecule has 0 saturated carbocycles. The van der Waals surface area contributed by atoms with Gasteiger partial charge in [0, 0.05) is 5.02 Å². The third-order valence-corrected chi connectivity index (χ3v) is 3.62. The summed E-state index contributed by atoms with van der Waals surface area (Å²) in [4.78, 5) is 10.8. The van der Waals surface area contributed by atoms with Gasteiger partial charge in [-0.15, -0.1) is 0 Å². The zero-order valence-corrected chi connectivity index (χ0v) is 10.8. The molecule has 0 radical (unpaired) electrons. The molecule has 0 aromatic heterocycles.